The first-order valence-corrected chi connectivity index (χ1v) is 12.5. The molecule has 0 atom stereocenters. The number of hydrogen-bond donors (Lipinski definition) is 2. The number of benzene rings is 2. The Morgan fingerprint density at radius 1 is 0.973 bits per heavy atom. The zero-order valence-corrected chi connectivity index (χ0v) is 20.3. The summed E-state index contributed by atoms with van der Waals surface area (Å²) in [4.78, 5) is 37.5. The standard InChI is InChI=1S/C29H27N5O3/c35-28(31-12-10-22-19-32-25-5-2-1-4-23(22)25)21-8-7-20-9-11-30-27(24(20)18-21)33-13-15-34(16-14-33)29(36)26-6-3-17-37-26/h1-9,11,17-19,32H,10,12-16H2,(H,31,35). The highest BCUT2D eigenvalue weighted by Gasteiger charge is 2.25. The molecule has 0 spiro atoms. The van der Waals surface area contributed by atoms with E-state index in [9.17, 15) is 9.59 Å². The lowest BCUT2D eigenvalue weighted by Crippen LogP contribution is -2.49. The second kappa shape index (κ2) is 9.81. The maximum atomic E-state index is 13.0. The van der Waals surface area contributed by atoms with Crippen LogP contribution in [0.1, 0.15) is 26.5 Å². The number of fused-ring (bicyclic) bond motifs is 2. The molecule has 0 unspecified atom stereocenters. The van der Waals surface area contributed by atoms with Crippen LogP contribution in [0.3, 0.4) is 0 Å². The largest absolute Gasteiger partial charge is 0.459 e. The number of piperazine rings is 1. The maximum absolute atomic E-state index is 13.0. The van der Waals surface area contributed by atoms with Gasteiger partial charge in [0.1, 0.15) is 5.82 Å². The summed E-state index contributed by atoms with van der Waals surface area (Å²) in [6, 6.07) is 19.3. The molecule has 186 valence electrons. The molecule has 37 heavy (non-hydrogen) atoms. The van der Waals surface area contributed by atoms with Crippen LogP contribution in [0, 0.1) is 0 Å². The van der Waals surface area contributed by atoms with E-state index in [1.54, 1.807) is 23.2 Å². The van der Waals surface area contributed by atoms with E-state index in [1.807, 2.05) is 42.6 Å². The van der Waals surface area contributed by atoms with Crippen molar-refractivity contribution in [3.8, 4) is 0 Å². The number of pyridine rings is 1. The summed E-state index contributed by atoms with van der Waals surface area (Å²) in [5, 5.41) is 6.19. The predicted molar refractivity (Wildman–Crippen MR) is 143 cm³/mol. The van der Waals surface area contributed by atoms with E-state index in [2.05, 4.69) is 32.3 Å². The minimum atomic E-state index is -0.106. The van der Waals surface area contributed by atoms with Crippen molar-refractivity contribution in [1.82, 2.24) is 20.2 Å². The first kappa shape index (κ1) is 22.8. The highest BCUT2D eigenvalue weighted by Crippen LogP contribution is 2.27. The summed E-state index contributed by atoms with van der Waals surface area (Å²) < 4.78 is 5.26. The zero-order chi connectivity index (χ0) is 25.2. The number of hydrogen-bond acceptors (Lipinski definition) is 5. The number of amides is 2. The fraction of sp³-hybridized carbons (Fsp3) is 0.207. The molecule has 2 aromatic carbocycles. The van der Waals surface area contributed by atoms with E-state index in [-0.39, 0.29) is 11.8 Å². The Bertz CT molecular complexity index is 1570. The molecule has 0 aliphatic carbocycles. The van der Waals surface area contributed by atoms with Crippen LogP contribution in [-0.2, 0) is 6.42 Å². The molecule has 2 N–H and O–H groups in total. The average molecular weight is 494 g/mol. The first-order chi connectivity index (χ1) is 18.2. The highest BCUT2D eigenvalue weighted by atomic mass is 16.3. The van der Waals surface area contributed by atoms with E-state index < -0.39 is 0 Å². The Balaban J connectivity index is 1.14. The Labute approximate surface area is 213 Å². The average Bonchev–Trinajstić information content (AvgIpc) is 3.63. The summed E-state index contributed by atoms with van der Waals surface area (Å²) in [6.45, 7) is 3.00. The topological polar surface area (TPSA) is 94.5 Å². The SMILES string of the molecule is O=C(NCCc1c[nH]c2ccccc12)c1ccc2ccnc(N3CCN(C(=O)c4ccco4)CC3)c2c1. The molecule has 1 fully saturated rings. The van der Waals surface area contributed by atoms with Crippen LogP contribution in [-0.4, -0.2) is 59.4 Å². The Hall–Kier alpha value is -4.59. The van der Waals surface area contributed by atoms with E-state index in [4.69, 9.17) is 4.42 Å². The van der Waals surface area contributed by atoms with Crippen LogP contribution in [0.4, 0.5) is 5.82 Å². The zero-order valence-electron chi connectivity index (χ0n) is 20.3. The molecule has 1 aliphatic rings. The van der Waals surface area contributed by atoms with Gasteiger partial charge in [0.05, 0.1) is 6.26 Å². The number of anilines is 1. The van der Waals surface area contributed by atoms with Crippen molar-refractivity contribution < 1.29 is 14.0 Å². The molecule has 3 aromatic heterocycles. The lowest BCUT2D eigenvalue weighted by Gasteiger charge is -2.35. The van der Waals surface area contributed by atoms with Crippen molar-refractivity contribution in [2.45, 2.75) is 6.42 Å². The third-order valence-corrected chi connectivity index (χ3v) is 6.96. The first-order valence-electron chi connectivity index (χ1n) is 12.5. The predicted octanol–water partition coefficient (Wildman–Crippen LogP) is 4.24. The maximum Gasteiger partial charge on any atom is 0.289 e. The number of nitrogens with zero attached hydrogens (tertiary/aromatic N) is 3. The van der Waals surface area contributed by atoms with Gasteiger partial charge in [-0.3, -0.25) is 9.59 Å². The van der Waals surface area contributed by atoms with Crippen LogP contribution in [0.2, 0.25) is 0 Å². The van der Waals surface area contributed by atoms with Crippen molar-refractivity contribution in [1.29, 1.82) is 0 Å². The highest BCUT2D eigenvalue weighted by molar-refractivity contribution is 6.01. The molecule has 0 radical (unpaired) electrons. The molecule has 1 aliphatic heterocycles. The number of para-hydroxylation sites is 1. The van der Waals surface area contributed by atoms with Crippen LogP contribution in [0.5, 0.6) is 0 Å². The molecule has 5 aromatic rings. The number of aromatic amines is 1. The third-order valence-electron chi connectivity index (χ3n) is 6.96. The van der Waals surface area contributed by atoms with Crippen molar-refractivity contribution in [2.75, 3.05) is 37.6 Å². The van der Waals surface area contributed by atoms with Gasteiger partial charge in [-0.1, -0.05) is 24.3 Å². The quantitative estimate of drug-likeness (QED) is 0.369. The molecule has 1 saturated heterocycles. The molecule has 0 saturated carbocycles. The van der Waals surface area contributed by atoms with E-state index in [0.29, 0.717) is 44.0 Å². The van der Waals surface area contributed by atoms with Crippen LogP contribution in [0.25, 0.3) is 21.7 Å². The summed E-state index contributed by atoms with van der Waals surface area (Å²) in [7, 11) is 0. The summed E-state index contributed by atoms with van der Waals surface area (Å²) in [5.41, 5.74) is 2.89. The van der Waals surface area contributed by atoms with Crippen molar-refractivity contribution in [3.05, 3.63) is 96.2 Å². The van der Waals surface area contributed by atoms with Gasteiger partial charge in [-0.15, -0.1) is 0 Å². The van der Waals surface area contributed by atoms with Crippen LogP contribution >= 0.6 is 0 Å². The minimum absolute atomic E-state index is 0.0953. The number of nitrogens with one attached hydrogen (secondary N) is 2. The second-order valence-electron chi connectivity index (χ2n) is 9.19. The van der Waals surface area contributed by atoms with Gasteiger partial charge in [-0.05, 0) is 53.8 Å². The van der Waals surface area contributed by atoms with Crippen molar-refractivity contribution in [3.63, 3.8) is 0 Å². The normalized spacial score (nSPS) is 13.8. The summed E-state index contributed by atoms with van der Waals surface area (Å²) in [5.74, 6) is 0.987. The Morgan fingerprint density at radius 2 is 1.84 bits per heavy atom. The van der Waals surface area contributed by atoms with E-state index in [1.165, 1.54) is 17.2 Å². The fourth-order valence-corrected chi connectivity index (χ4v) is 4.97. The third kappa shape index (κ3) is 4.53. The van der Waals surface area contributed by atoms with Gasteiger partial charge in [0, 0.05) is 67.0 Å². The number of furan rings is 1. The smallest absolute Gasteiger partial charge is 0.289 e. The van der Waals surface area contributed by atoms with Crippen LogP contribution in [0.15, 0.2) is 83.7 Å². The van der Waals surface area contributed by atoms with Gasteiger partial charge in [0.2, 0.25) is 0 Å². The minimum Gasteiger partial charge on any atom is -0.459 e. The fourth-order valence-electron chi connectivity index (χ4n) is 4.97. The van der Waals surface area contributed by atoms with Gasteiger partial charge in [-0.25, -0.2) is 4.98 Å². The molecule has 8 nitrogen and oxygen atoms in total. The molecule has 6 rings (SSSR count). The lowest BCUT2D eigenvalue weighted by molar-refractivity contribution is 0.0714. The molecule has 4 heterocycles. The molecule has 2 amide bonds. The molecule has 0 bridgehead atoms. The number of aromatic nitrogens is 2. The molecule has 8 heteroatoms. The monoisotopic (exact) mass is 493 g/mol. The van der Waals surface area contributed by atoms with Crippen molar-refractivity contribution in [2.24, 2.45) is 0 Å². The molecular formula is C29H27N5O3. The summed E-state index contributed by atoms with van der Waals surface area (Å²) in [6.07, 6.45) is 6.06. The number of H-pyrrole nitrogens is 1. The van der Waals surface area contributed by atoms with Gasteiger partial charge >= 0.3 is 0 Å². The Kier molecular flexibility index (Phi) is 6.06. The van der Waals surface area contributed by atoms with Crippen molar-refractivity contribution >= 4 is 39.3 Å². The van der Waals surface area contributed by atoms with Crippen LogP contribution < -0.4 is 10.2 Å². The van der Waals surface area contributed by atoms with Gasteiger partial charge in [0.25, 0.3) is 11.8 Å². The van der Waals surface area contributed by atoms with Gasteiger partial charge in [-0.2, -0.15) is 0 Å². The molecular weight excluding hydrogens is 466 g/mol. The Morgan fingerprint density at radius 3 is 2.68 bits per heavy atom. The number of carbonyl (C=O) groups excluding carboxylic acids is 2. The van der Waals surface area contributed by atoms with Gasteiger partial charge < -0.3 is 24.5 Å². The van der Waals surface area contributed by atoms with Gasteiger partial charge in [0.15, 0.2) is 5.76 Å². The van der Waals surface area contributed by atoms with E-state index >= 15 is 0 Å². The lowest BCUT2D eigenvalue weighted by atomic mass is 10.1. The number of rotatable bonds is 6. The second-order valence-corrected chi connectivity index (χ2v) is 9.19. The number of carbonyl (C=O) groups is 2. The summed E-state index contributed by atoms with van der Waals surface area (Å²) >= 11 is 0. The van der Waals surface area contributed by atoms with E-state index in [0.717, 1.165) is 28.5 Å².